The van der Waals surface area contributed by atoms with Crippen molar-refractivity contribution in [3.05, 3.63) is 66.6 Å². The second-order valence-corrected chi connectivity index (χ2v) is 7.56. The molecule has 2 amide bonds. The summed E-state index contributed by atoms with van der Waals surface area (Å²) in [6, 6.07) is 18.5. The largest absolute Gasteiger partial charge is 0.348 e. The Balaban J connectivity index is 1.57. The number of nitrogens with one attached hydrogen (secondary N) is 3. The molecule has 0 aliphatic heterocycles. The van der Waals surface area contributed by atoms with E-state index in [9.17, 15) is 4.79 Å². The standard InChI is InChI=1S/C22H26N4O/c1-22(2,3)26-21(27)23-14-13-20-24-15-19(25-20)18-11-9-17(10-12-18)16-7-5-4-6-8-16/h4-12,15H,13-14H2,1-3H3,(H,24,25)(H2,23,26,27). The van der Waals surface area contributed by atoms with Gasteiger partial charge in [-0.1, -0.05) is 54.6 Å². The molecule has 3 N–H and O–H groups in total. The van der Waals surface area contributed by atoms with Crippen molar-refractivity contribution in [3.63, 3.8) is 0 Å². The lowest BCUT2D eigenvalue weighted by Crippen LogP contribution is -2.46. The van der Waals surface area contributed by atoms with E-state index >= 15 is 0 Å². The molecule has 0 spiro atoms. The molecular formula is C22H26N4O. The van der Waals surface area contributed by atoms with Gasteiger partial charge in [-0.25, -0.2) is 9.78 Å². The Labute approximate surface area is 160 Å². The molecule has 1 aromatic heterocycles. The van der Waals surface area contributed by atoms with Crippen molar-refractivity contribution in [2.75, 3.05) is 6.54 Å². The average molecular weight is 362 g/mol. The first-order chi connectivity index (χ1) is 12.9. The zero-order chi connectivity index (χ0) is 19.3. The molecule has 3 rings (SSSR count). The van der Waals surface area contributed by atoms with Crippen molar-refractivity contribution in [2.45, 2.75) is 32.7 Å². The molecule has 0 aliphatic rings. The number of imidazole rings is 1. The third-order valence-electron chi connectivity index (χ3n) is 4.05. The van der Waals surface area contributed by atoms with Crippen LogP contribution in [0.2, 0.25) is 0 Å². The summed E-state index contributed by atoms with van der Waals surface area (Å²) >= 11 is 0. The van der Waals surface area contributed by atoms with Gasteiger partial charge in [-0.3, -0.25) is 0 Å². The van der Waals surface area contributed by atoms with Crippen LogP contribution in [0.5, 0.6) is 0 Å². The summed E-state index contributed by atoms with van der Waals surface area (Å²) in [6.45, 7) is 6.39. The summed E-state index contributed by atoms with van der Waals surface area (Å²) in [5.74, 6) is 0.855. The minimum Gasteiger partial charge on any atom is -0.348 e. The van der Waals surface area contributed by atoms with Crippen molar-refractivity contribution in [3.8, 4) is 22.4 Å². The van der Waals surface area contributed by atoms with E-state index in [0.717, 1.165) is 17.1 Å². The van der Waals surface area contributed by atoms with Gasteiger partial charge in [-0.2, -0.15) is 0 Å². The molecule has 0 radical (unpaired) electrons. The zero-order valence-corrected chi connectivity index (χ0v) is 16.0. The smallest absolute Gasteiger partial charge is 0.315 e. The van der Waals surface area contributed by atoms with Crippen LogP contribution >= 0.6 is 0 Å². The average Bonchev–Trinajstić information content (AvgIpc) is 3.10. The highest BCUT2D eigenvalue weighted by atomic mass is 16.2. The number of hydrogen-bond donors (Lipinski definition) is 3. The van der Waals surface area contributed by atoms with Gasteiger partial charge < -0.3 is 15.6 Å². The van der Waals surface area contributed by atoms with Crippen LogP contribution in [0.25, 0.3) is 22.4 Å². The number of rotatable bonds is 5. The van der Waals surface area contributed by atoms with Crippen LogP contribution in [0, 0.1) is 0 Å². The Morgan fingerprint density at radius 1 is 0.963 bits per heavy atom. The fourth-order valence-electron chi connectivity index (χ4n) is 2.78. The molecule has 0 bridgehead atoms. The van der Waals surface area contributed by atoms with Crippen molar-refractivity contribution >= 4 is 6.03 Å². The third-order valence-corrected chi connectivity index (χ3v) is 4.05. The maximum absolute atomic E-state index is 11.8. The number of amides is 2. The van der Waals surface area contributed by atoms with Crippen LogP contribution in [0.4, 0.5) is 4.79 Å². The Morgan fingerprint density at radius 2 is 1.59 bits per heavy atom. The van der Waals surface area contributed by atoms with Crippen LogP contribution < -0.4 is 10.6 Å². The lowest BCUT2D eigenvalue weighted by molar-refractivity contribution is 0.232. The number of carbonyl (C=O) groups is 1. The van der Waals surface area contributed by atoms with Gasteiger partial charge in [0.15, 0.2) is 0 Å². The number of aromatic amines is 1. The molecule has 0 aliphatic carbocycles. The fraction of sp³-hybridized carbons (Fsp3) is 0.273. The molecule has 3 aromatic rings. The quantitative estimate of drug-likeness (QED) is 0.630. The van der Waals surface area contributed by atoms with Gasteiger partial charge in [0, 0.05) is 30.3 Å². The molecule has 5 nitrogen and oxygen atoms in total. The van der Waals surface area contributed by atoms with Gasteiger partial charge in [0.25, 0.3) is 0 Å². The molecule has 0 unspecified atom stereocenters. The fourth-order valence-corrected chi connectivity index (χ4v) is 2.78. The van der Waals surface area contributed by atoms with E-state index in [1.807, 2.05) is 45.2 Å². The number of benzene rings is 2. The minimum absolute atomic E-state index is 0.161. The number of nitrogens with zero attached hydrogens (tertiary/aromatic N) is 1. The van der Waals surface area contributed by atoms with Gasteiger partial charge in [0.05, 0.1) is 5.69 Å². The van der Waals surface area contributed by atoms with Crippen molar-refractivity contribution < 1.29 is 4.79 Å². The number of carbonyl (C=O) groups excluding carboxylic acids is 1. The molecule has 140 valence electrons. The number of hydrogen-bond acceptors (Lipinski definition) is 2. The van der Waals surface area contributed by atoms with Crippen LogP contribution in [-0.4, -0.2) is 28.1 Å². The second kappa shape index (κ2) is 8.08. The predicted octanol–water partition coefficient (Wildman–Crippen LogP) is 4.38. The summed E-state index contributed by atoms with van der Waals surface area (Å²) in [5.41, 5.74) is 4.11. The first-order valence-electron chi connectivity index (χ1n) is 9.17. The lowest BCUT2D eigenvalue weighted by atomic mass is 10.0. The highest BCUT2D eigenvalue weighted by Crippen LogP contribution is 2.23. The Bertz CT molecular complexity index is 877. The van der Waals surface area contributed by atoms with Gasteiger partial charge in [-0.15, -0.1) is 0 Å². The van der Waals surface area contributed by atoms with Gasteiger partial charge in [-0.05, 0) is 31.9 Å². The van der Waals surface area contributed by atoms with E-state index in [2.05, 4.69) is 57.0 Å². The summed E-state index contributed by atoms with van der Waals surface area (Å²) < 4.78 is 0. The van der Waals surface area contributed by atoms with Gasteiger partial charge >= 0.3 is 6.03 Å². The molecule has 2 aromatic carbocycles. The van der Waals surface area contributed by atoms with Crippen LogP contribution in [0.1, 0.15) is 26.6 Å². The molecular weight excluding hydrogens is 336 g/mol. The van der Waals surface area contributed by atoms with Gasteiger partial charge in [0.2, 0.25) is 0 Å². The Morgan fingerprint density at radius 3 is 2.26 bits per heavy atom. The van der Waals surface area contributed by atoms with Crippen molar-refractivity contribution in [2.24, 2.45) is 0 Å². The highest BCUT2D eigenvalue weighted by Gasteiger charge is 2.13. The maximum Gasteiger partial charge on any atom is 0.315 e. The minimum atomic E-state index is -0.242. The van der Waals surface area contributed by atoms with Crippen LogP contribution in [-0.2, 0) is 6.42 Å². The molecule has 0 saturated heterocycles. The second-order valence-electron chi connectivity index (χ2n) is 7.56. The predicted molar refractivity (Wildman–Crippen MR) is 109 cm³/mol. The SMILES string of the molecule is CC(C)(C)NC(=O)NCCc1nc(-c2ccc(-c3ccccc3)cc2)c[nH]1. The monoisotopic (exact) mass is 362 g/mol. The number of H-pyrrole nitrogens is 1. The van der Waals surface area contributed by atoms with Crippen molar-refractivity contribution in [1.82, 2.24) is 20.6 Å². The maximum atomic E-state index is 11.8. The molecule has 0 fully saturated rings. The number of aromatic nitrogens is 2. The van der Waals surface area contributed by atoms with E-state index in [1.54, 1.807) is 0 Å². The van der Waals surface area contributed by atoms with E-state index in [0.29, 0.717) is 13.0 Å². The van der Waals surface area contributed by atoms with Gasteiger partial charge in [0.1, 0.15) is 5.82 Å². The summed E-state index contributed by atoms with van der Waals surface area (Å²) in [4.78, 5) is 19.6. The lowest BCUT2D eigenvalue weighted by Gasteiger charge is -2.20. The summed E-state index contributed by atoms with van der Waals surface area (Å²) in [5, 5.41) is 5.73. The zero-order valence-electron chi connectivity index (χ0n) is 16.0. The molecule has 0 atom stereocenters. The van der Waals surface area contributed by atoms with E-state index in [-0.39, 0.29) is 11.6 Å². The molecule has 27 heavy (non-hydrogen) atoms. The van der Waals surface area contributed by atoms with Crippen molar-refractivity contribution in [1.29, 1.82) is 0 Å². The van der Waals surface area contributed by atoms with E-state index in [1.165, 1.54) is 11.1 Å². The Hall–Kier alpha value is -3.08. The molecule has 5 heteroatoms. The number of urea groups is 1. The Kier molecular flexibility index (Phi) is 5.60. The topological polar surface area (TPSA) is 69.8 Å². The first kappa shape index (κ1) is 18.7. The summed E-state index contributed by atoms with van der Waals surface area (Å²) in [6.07, 6.45) is 2.56. The van der Waals surface area contributed by atoms with Crippen LogP contribution in [0.3, 0.4) is 0 Å². The summed E-state index contributed by atoms with van der Waals surface area (Å²) in [7, 11) is 0. The van der Waals surface area contributed by atoms with E-state index < -0.39 is 0 Å². The van der Waals surface area contributed by atoms with E-state index in [4.69, 9.17) is 0 Å². The van der Waals surface area contributed by atoms with Crippen LogP contribution in [0.15, 0.2) is 60.8 Å². The highest BCUT2D eigenvalue weighted by molar-refractivity contribution is 5.74. The normalized spacial score (nSPS) is 11.2. The first-order valence-corrected chi connectivity index (χ1v) is 9.17. The molecule has 0 saturated carbocycles. The third kappa shape index (κ3) is 5.45. The molecule has 1 heterocycles.